The van der Waals surface area contributed by atoms with E-state index in [9.17, 15) is 4.79 Å². The summed E-state index contributed by atoms with van der Waals surface area (Å²) in [5, 5.41) is 3.02. The van der Waals surface area contributed by atoms with E-state index in [0.717, 1.165) is 18.4 Å². The van der Waals surface area contributed by atoms with Crippen molar-refractivity contribution in [2.24, 2.45) is 5.92 Å². The van der Waals surface area contributed by atoms with Gasteiger partial charge in [0.05, 0.1) is 6.04 Å². The fourth-order valence-corrected chi connectivity index (χ4v) is 1.72. The first kappa shape index (κ1) is 10.1. The number of carbonyl (C=O) groups is 1. The molecule has 1 aliphatic rings. The summed E-state index contributed by atoms with van der Waals surface area (Å²) in [6, 6.07) is 3.94. The van der Waals surface area contributed by atoms with Gasteiger partial charge in [0.2, 0.25) is 5.91 Å². The van der Waals surface area contributed by atoms with Gasteiger partial charge in [-0.15, -0.1) is 0 Å². The zero-order valence-electron chi connectivity index (χ0n) is 8.94. The molecule has 1 aromatic rings. The second kappa shape index (κ2) is 4.43. The molecule has 1 aliphatic carbocycles. The molecule has 1 aromatic heterocycles. The minimum absolute atomic E-state index is 0.0619. The summed E-state index contributed by atoms with van der Waals surface area (Å²) in [7, 11) is 0. The van der Waals surface area contributed by atoms with Crippen LogP contribution in [0, 0.1) is 5.92 Å². The summed E-state index contributed by atoms with van der Waals surface area (Å²) < 4.78 is 0. The highest BCUT2D eigenvalue weighted by molar-refractivity contribution is 5.79. The predicted molar refractivity (Wildman–Crippen MR) is 58.1 cm³/mol. The van der Waals surface area contributed by atoms with E-state index in [1.807, 2.05) is 19.1 Å². The summed E-state index contributed by atoms with van der Waals surface area (Å²) in [6.45, 7) is 1.99. The monoisotopic (exact) mass is 204 g/mol. The van der Waals surface area contributed by atoms with Crippen LogP contribution in [-0.4, -0.2) is 10.9 Å². The van der Waals surface area contributed by atoms with Gasteiger partial charge in [-0.3, -0.25) is 9.78 Å². The van der Waals surface area contributed by atoms with Gasteiger partial charge in [0.15, 0.2) is 0 Å². The van der Waals surface area contributed by atoms with Crippen LogP contribution in [0.25, 0.3) is 0 Å². The molecule has 15 heavy (non-hydrogen) atoms. The summed E-state index contributed by atoms with van der Waals surface area (Å²) in [4.78, 5) is 15.7. The Hall–Kier alpha value is -1.38. The first-order valence-electron chi connectivity index (χ1n) is 5.47. The van der Waals surface area contributed by atoms with Gasteiger partial charge in [-0.2, -0.15) is 0 Å². The molecule has 2 rings (SSSR count). The van der Waals surface area contributed by atoms with Crippen LogP contribution >= 0.6 is 0 Å². The van der Waals surface area contributed by atoms with E-state index in [4.69, 9.17) is 0 Å². The first-order valence-corrected chi connectivity index (χ1v) is 5.47. The highest BCUT2D eigenvalue weighted by Gasteiger charge is 2.26. The topological polar surface area (TPSA) is 42.0 Å². The average Bonchev–Trinajstić information content (AvgIpc) is 2.16. The van der Waals surface area contributed by atoms with Crippen LogP contribution in [0.1, 0.15) is 37.8 Å². The minimum Gasteiger partial charge on any atom is -0.349 e. The maximum Gasteiger partial charge on any atom is 0.223 e. The Morgan fingerprint density at radius 3 is 2.93 bits per heavy atom. The molecule has 0 spiro atoms. The Kier molecular flexibility index (Phi) is 2.99. The van der Waals surface area contributed by atoms with Gasteiger partial charge in [-0.25, -0.2) is 0 Å². The van der Waals surface area contributed by atoms with E-state index in [0.29, 0.717) is 0 Å². The number of nitrogens with one attached hydrogen (secondary N) is 1. The van der Waals surface area contributed by atoms with Crippen LogP contribution in [0.15, 0.2) is 24.5 Å². The number of hydrogen-bond donors (Lipinski definition) is 1. The molecule has 0 bridgehead atoms. The molecule has 0 aliphatic heterocycles. The highest BCUT2D eigenvalue weighted by atomic mass is 16.1. The molecule has 80 valence electrons. The van der Waals surface area contributed by atoms with E-state index in [1.54, 1.807) is 12.4 Å². The summed E-state index contributed by atoms with van der Waals surface area (Å²) in [6.07, 6.45) is 6.83. The van der Waals surface area contributed by atoms with Crippen molar-refractivity contribution >= 4 is 5.91 Å². The lowest BCUT2D eigenvalue weighted by atomic mass is 9.84. The second-order valence-electron chi connectivity index (χ2n) is 4.14. The smallest absolute Gasteiger partial charge is 0.223 e. The van der Waals surface area contributed by atoms with Crippen molar-refractivity contribution in [3.8, 4) is 0 Å². The third-order valence-corrected chi connectivity index (χ3v) is 3.02. The van der Waals surface area contributed by atoms with Gasteiger partial charge in [-0.05, 0) is 31.4 Å². The molecule has 0 saturated heterocycles. The van der Waals surface area contributed by atoms with Crippen LogP contribution in [-0.2, 0) is 4.79 Å². The molecule has 1 heterocycles. The summed E-state index contributed by atoms with van der Waals surface area (Å²) in [5.41, 5.74) is 1.06. The fraction of sp³-hybridized carbons (Fsp3) is 0.500. The minimum atomic E-state index is 0.0619. The number of rotatable bonds is 3. The van der Waals surface area contributed by atoms with Crippen molar-refractivity contribution in [1.82, 2.24) is 10.3 Å². The fourth-order valence-electron chi connectivity index (χ4n) is 1.72. The zero-order valence-corrected chi connectivity index (χ0v) is 8.94. The van der Waals surface area contributed by atoms with Crippen molar-refractivity contribution in [2.45, 2.75) is 32.2 Å². The number of nitrogens with zero attached hydrogens (tertiary/aromatic N) is 1. The van der Waals surface area contributed by atoms with Crippen molar-refractivity contribution < 1.29 is 4.79 Å². The lowest BCUT2D eigenvalue weighted by Crippen LogP contribution is -2.35. The van der Waals surface area contributed by atoms with E-state index < -0.39 is 0 Å². The van der Waals surface area contributed by atoms with Gasteiger partial charge in [0.25, 0.3) is 0 Å². The van der Waals surface area contributed by atoms with E-state index in [-0.39, 0.29) is 17.9 Å². The van der Waals surface area contributed by atoms with Crippen LogP contribution in [0.2, 0.25) is 0 Å². The molecule has 1 amide bonds. The van der Waals surface area contributed by atoms with Gasteiger partial charge in [0, 0.05) is 18.3 Å². The quantitative estimate of drug-likeness (QED) is 0.818. The Labute approximate surface area is 89.9 Å². The molecular formula is C12H16N2O. The molecule has 3 nitrogen and oxygen atoms in total. The standard InChI is InChI=1S/C12H16N2O/c1-9(11-6-3-7-13-8-11)14-12(15)10-4-2-5-10/h3,6-10H,2,4-5H2,1H3,(H,14,15). The lowest BCUT2D eigenvalue weighted by molar-refractivity contribution is -0.128. The largest absolute Gasteiger partial charge is 0.349 e. The molecule has 1 atom stereocenters. The average molecular weight is 204 g/mol. The third-order valence-electron chi connectivity index (χ3n) is 3.02. The molecule has 1 saturated carbocycles. The molecule has 0 aromatic carbocycles. The Balaban J connectivity index is 1.91. The van der Waals surface area contributed by atoms with E-state index >= 15 is 0 Å². The number of amides is 1. The molecule has 1 unspecified atom stereocenters. The molecule has 1 N–H and O–H groups in total. The van der Waals surface area contributed by atoms with Crippen molar-refractivity contribution in [1.29, 1.82) is 0 Å². The van der Waals surface area contributed by atoms with Crippen LogP contribution in [0.5, 0.6) is 0 Å². The summed E-state index contributed by atoms with van der Waals surface area (Å²) in [5.74, 6) is 0.446. The zero-order chi connectivity index (χ0) is 10.7. The normalized spacial score (nSPS) is 17.9. The molecule has 3 heteroatoms. The molecule has 1 fully saturated rings. The SMILES string of the molecule is CC(NC(=O)C1CCC1)c1cccnc1. The number of pyridine rings is 1. The Morgan fingerprint density at radius 2 is 2.40 bits per heavy atom. The first-order chi connectivity index (χ1) is 7.27. The maximum atomic E-state index is 11.7. The highest BCUT2D eigenvalue weighted by Crippen LogP contribution is 2.27. The molecule has 0 radical (unpaired) electrons. The third kappa shape index (κ3) is 2.35. The van der Waals surface area contributed by atoms with Gasteiger partial charge >= 0.3 is 0 Å². The maximum absolute atomic E-state index is 11.7. The lowest BCUT2D eigenvalue weighted by Gasteiger charge is -2.26. The van der Waals surface area contributed by atoms with Crippen LogP contribution < -0.4 is 5.32 Å². The number of aromatic nitrogens is 1. The van der Waals surface area contributed by atoms with Crippen molar-refractivity contribution in [3.05, 3.63) is 30.1 Å². The van der Waals surface area contributed by atoms with Gasteiger partial charge in [0.1, 0.15) is 0 Å². The van der Waals surface area contributed by atoms with Crippen molar-refractivity contribution in [2.75, 3.05) is 0 Å². The van der Waals surface area contributed by atoms with Gasteiger partial charge < -0.3 is 5.32 Å². The van der Waals surface area contributed by atoms with Crippen LogP contribution in [0.3, 0.4) is 0 Å². The van der Waals surface area contributed by atoms with Crippen molar-refractivity contribution in [3.63, 3.8) is 0 Å². The predicted octanol–water partition coefficient (Wildman–Crippen LogP) is 2.06. The number of carbonyl (C=O) groups excluding carboxylic acids is 1. The van der Waals surface area contributed by atoms with Crippen LogP contribution in [0.4, 0.5) is 0 Å². The van der Waals surface area contributed by atoms with E-state index in [1.165, 1.54) is 6.42 Å². The second-order valence-corrected chi connectivity index (χ2v) is 4.14. The van der Waals surface area contributed by atoms with Gasteiger partial charge in [-0.1, -0.05) is 12.5 Å². The van der Waals surface area contributed by atoms with E-state index in [2.05, 4.69) is 10.3 Å². The summed E-state index contributed by atoms with van der Waals surface area (Å²) >= 11 is 0. The number of hydrogen-bond acceptors (Lipinski definition) is 2. The molecular weight excluding hydrogens is 188 g/mol. The Bertz CT molecular complexity index is 333. The Morgan fingerprint density at radius 1 is 1.60 bits per heavy atom.